The minimum Gasteiger partial charge on any atom is -0.484 e. The van der Waals surface area contributed by atoms with Crippen molar-refractivity contribution in [3.63, 3.8) is 0 Å². The van der Waals surface area contributed by atoms with Gasteiger partial charge >= 0.3 is 0 Å². The summed E-state index contributed by atoms with van der Waals surface area (Å²) < 4.78 is 21.8. The van der Waals surface area contributed by atoms with E-state index in [-0.39, 0.29) is 32.5 Å². The maximum absolute atomic E-state index is 12.6. The van der Waals surface area contributed by atoms with E-state index in [1.54, 1.807) is 23.1 Å². The molecule has 3 aliphatic rings. The molecule has 27 heavy (non-hydrogen) atoms. The number of hydrogen-bond acceptors (Lipinski definition) is 7. The Hall–Kier alpha value is -2.03. The quantitative estimate of drug-likeness (QED) is 0.798. The lowest BCUT2D eigenvalue weighted by Crippen LogP contribution is -2.53. The number of benzene rings is 1. The lowest BCUT2D eigenvalue weighted by Gasteiger charge is -2.33. The minimum absolute atomic E-state index is 0.0978. The van der Waals surface area contributed by atoms with Crippen molar-refractivity contribution < 1.29 is 28.8 Å². The molecule has 0 spiro atoms. The fourth-order valence-corrected chi connectivity index (χ4v) is 3.79. The molecular weight excluding hydrogens is 352 g/mol. The van der Waals surface area contributed by atoms with E-state index in [0.29, 0.717) is 36.9 Å². The highest BCUT2D eigenvalue weighted by Crippen LogP contribution is 2.35. The zero-order valence-corrected chi connectivity index (χ0v) is 15.4. The molecule has 4 rings (SSSR count). The third kappa shape index (κ3) is 4.45. The molecular formula is C19H26N2O6. The molecule has 1 unspecified atom stereocenters. The monoisotopic (exact) mass is 378 g/mol. The second kappa shape index (κ2) is 7.92. The molecule has 2 fully saturated rings. The summed E-state index contributed by atoms with van der Waals surface area (Å²) in [7, 11) is 0. The van der Waals surface area contributed by atoms with Crippen LogP contribution in [0.3, 0.4) is 0 Å². The van der Waals surface area contributed by atoms with Crippen LogP contribution in [0.25, 0.3) is 0 Å². The van der Waals surface area contributed by atoms with Crippen LogP contribution >= 0.6 is 0 Å². The van der Waals surface area contributed by atoms with Gasteiger partial charge in [0.25, 0.3) is 5.91 Å². The summed E-state index contributed by atoms with van der Waals surface area (Å²) in [6, 6.07) is 5.22. The molecule has 1 aromatic carbocycles. The summed E-state index contributed by atoms with van der Waals surface area (Å²) in [6.45, 7) is 3.97. The molecule has 1 N–H and O–H groups in total. The van der Waals surface area contributed by atoms with Crippen molar-refractivity contribution in [3.8, 4) is 17.2 Å². The molecule has 0 aliphatic carbocycles. The maximum Gasteiger partial charge on any atom is 0.260 e. The molecule has 1 atom stereocenters. The molecule has 0 aromatic heterocycles. The molecule has 0 saturated carbocycles. The molecule has 148 valence electrons. The Morgan fingerprint density at radius 3 is 2.85 bits per heavy atom. The number of β-amino-alcohol motifs (C(OH)–C–C–N with tert-alkyl or cyclic N) is 1. The first-order valence-electron chi connectivity index (χ1n) is 9.44. The Kier molecular flexibility index (Phi) is 5.38. The lowest BCUT2D eigenvalue weighted by molar-refractivity contribution is -0.136. The van der Waals surface area contributed by atoms with Gasteiger partial charge in [0, 0.05) is 19.2 Å². The highest BCUT2D eigenvalue weighted by Gasteiger charge is 2.36. The van der Waals surface area contributed by atoms with Gasteiger partial charge in [-0.15, -0.1) is 0 Å². The van der Waals surface area contributed by atoms with E-state index >= 15 is 0 Å². The van der Waals surface area contributed by atoms with E-state index in [1.807, 2.05) is 0 Å². The summed E-state index contributed by atoms with van der Waals surface area (Å²) >= 11 is 0. The van der Waals surface area contributed by atoms with E-state index in [2.05, 4.69) is 4.90 Å². The van der Waals surface area contributed by atoms with Crippen molar-refractivity contribution in [1.82, 2.24) is 9.80 Å². The van der Waals surface area contributed by atoms with Gasteiger partial charge in [-0.1, -0.05) is 0 Å². The fourth-order valence-electron chi connectivity index (χ4n) is 3.79. The van der Waals surface area contributed by atoms with Crippen molar-refractivity contribution in [2.75, 3.05) is 59.3 Å². The van der Waals surface area contributed by atoms with Crippen LogP contribution in [0, 0.1) is 0 Å². The molecule has 2 saturated heterocycles. The van der Waals surface area contributed by atoms with E-state index < -0.39 is 5.60 Å². The molecule has 1 amide bonds. The van der Waals surface area contributed by atoms with Crippen molar-refractivity contribution in [2.24, 2.45) is 0 Å². The standard InChI is InChI=1S/C19H26N2O6/c22-18(10-25-15-3-4-16-17(9-15)27-14-26-16)21-7-8-24-13-19(23,12-21)11-20-5-1-2-6-20/h3-4,9,23H,1-2,5-8,10-14H2. The predicted octanol–water partition coefficient (Wildman–Crippen LogP) is 0.480. The number of carbonyl (C=O) groups is 1. The molecule has 3 aliphatic heterocycles. The third-order valence-corrected chi connectivity index (χ3v) is 5.14. The number of ether oxygens (including phenoxy) is 4. The number of likely N-dealkylation sites (tertiary alicyclic amines) is 1. The van der Waals surface area contributed by atoms with Gasteiger partial charge in [0.1, 0.15) is 11.4 Å². The van der Waals surface area contributed by atoms with Crippen molar-refractivity contribution in [2.45, 2.75) is 18.4 Å². The highest BCUT2D eigenvalue weighted by molar-refractivity contribution is 5.78. The van der Waals surface area contributed by atoms with Gasteiger partial charge in [-0.25, -0.2) is 0 Å². The Balaban J connectivity index is 1.34. The van der Waals surface area contributed by atoms with Crippen molar-refractivity contribution in [1.29, 1.82) is 0 Å². The first-order chi connectivity index (χ1) is 13.1. The van der Waals surface area contributed by atoms with Crippen molar-refractivity contribution in [3.05, 3.63) is 18.2 Å². The van der Waals surface area contributed by atoms with Crippen LogP contribution in [-0.2, 0) is 9.53 Å². The maximum atomic E-state index is 12.6. The average Bonchev–Trinajstić information content (AvgIpc) is 3.29. The van der Waals surface area contributed by atoms with Crippen LogP contribution in [0.2, 0.25) is 0 Å². The summed E-state index contributed by atoms with van der Waals surface area (Å²) in [5.41, 5.74) is -1.05. The van der Waals surface area contributed by atoms with Crippen LogP contribution < -0.4 is 14.2 Å². The number of nitrogens with zero attached hydrogens (tertiary/aromatic N) is 2. The largest absolute Gasteiger partial charge is 0.484 e. The lowest BCUT2D eigenvalue weighted by atomic mass is 10.0. The Morgan fingerprint density at radius 2 is 2.00 bits per heavy atom. The first kappa shape index (κ1) is 18.3. The predicted molar refractivity (Wildman–Crippen MR) is 96.1 cm³/mol. The smallest absolute Gasteiger partial charge is 0.260 e. The molecule has 0 bridgehead atoms. The van der Waals surface area contributed by atoms with Gasteiger partial charge in [-0.05, 0) is 38.1 Å². The average molecular weight is 378 g/mol. The Morgan fingerprint density at radius 1 is 1.19 bits per heavy atom. The van der Waals surface area contributed by atoms with Crippen molar-refractivity contribution >= 4 is 5.91 Å². The van der Waals surface area contributed by atoms with E-state index in [9.17, 15) is 9.90 Å². The van der Waals surface area contributed by atoms with Gasteiger partial charge in [0.05, 0.1) is 19.8 Å². The molecule has 8 heteroatoms. The van der Waals surface area contributed by atoms with Crippen LogP contribution in [0.4, 0.5) is 0 Å². The van der Waals surface area contributed by atoms with Crippen LogP contribution in [-0.4, -0.2) is 85.8 Å². The van der Waals surface area contributed by atoms with Crippen LogP contribution in [0.15, 0.2) is 18.2 Å². The summed E-state index contributed by atoms with van der Waals surface area (Å²) in [5, 5.41) is 11.0. The highest BCUT2D eigenvalue weighted by atomic mass is 16.7. The topological polar surface area (TPSA) is 80.7 Å². The molecule has 3 heterocycles. The number of carbonyl (C=O) groups excluding carboxylic acids is 1. The molecule has 1 aromatic rings. The van der Waals surface area contributed by atoms with Gasteiger partial charge in [-0.2, -0.15) is 0 Å². The fraction of sp³-hybridized carbons (Fsp3) is 0.632. The van der Waals surface area contributed by atoms with Gasteiger partial charge in [-0.3, -0.25) is 4.79 Å². The number of aliphatic hydroxyl groups is 1. The number of amides is 1. The Labute approximate surface area is 158 Å². The molecule has 0 radical (unpaired) electrons. The summed E-state index contributed by atoms with van der Waals surface area (Å²) in [4.78, 5) is 16.5. The van der Waals surface area contributed by atoms with Gasteiger partial charge < -0.3 is 33.9 Å². The van der Waals surface area contributed by atoms with E-state index in [1.165, 1.54) is 0 Å². The van der Waals surface area contributed by atoms with Gasteiger partial charge in [0.15, 0.2) is 18.1 Å². The van der Waals surface area contributed by atoms with Crippen LogP contribution in [0.5, 0.6) is 17.2 Å². The summed E-state index contributed by atoms with van der Waals surface area (Å²) in [6.07, 6.45) is 2.31. The SMILES string of the molecule is O=C(COc1ccc2c(c1)OCO2)N1CCOCC(O)(CN2CCCC2)C1. The Bertz CT molecular complexity index is 678. The number of fused-ring (bicyclic) bond motifs is 1. The zero-order valence-electron chi connectivity index (χ0n) is 15.4. The van der Waals surface area contributed by atoms with E-state index in [4.69, 9.17) is 18.9 Å². The minimum atomic E-state index is -1.05. The normalized spacial score (nSPS) is 25.4. The van der Waals surface area contributed by atoms with E-state index in [0.717, 1.165) is 25.9 Å². The second-order valence-electron chi connectivity index (χ2n) is 7.38. The molecule has 8 nitrogen and oxygen atoms in total. The van der Waals surface area contributed by atoms with Crippen LogP contribution in [0.1, 0.15) is 12.8 Å². The number of rotatable bonds is 5. The second-order valence-corrected chi connectivity index (χ2v) is 7.38. The first-order valence-corrected chi connectivity index (χ1v) is 9.44. The zero-order chi connectivity index (χ0) is 18.7. The number of hydrogen-bond donors (Lipinski definition) is 1. The third-order valence-electron chi connectivity index (χ3n) is 5.14. The summed E-state index contributed by atoms with van der Waals surface area (Å²) in [5.74, 6) is 1.66. The van der Waals surface area contributed by atoms with Gasteiger partial charge in [0.2, 0.25) is 6.79 Å².